The summed E-state index contributed by atoms with van der Waals surface area (Å²) in [5, 5.41) is 13.6. The molecule has 0 spiro atoms. The Morgan fingerprint density at radius 3 is 2.61 bits per heavy atom. The van der Waals surface area contributed by atoms with Crippen LogP contribution >= 0.6 is 0 Å². The standard InChI is InChI=1S/C20H20N4O6S/c25-20(22-10-1-2-12-23-13-11-21-15-23)16-6-8-18(9-7-16)30-31(28,29)19-5-3-4-17(14-19)24(26)27/h3-9,11,13-15H,1-2,10,12H2,(H,22,25). The second-order valence-electron chi connectivity index (χ2n) is 6.58. The number of aromatic nitrogens is 2. The molecule has 1 aromatic heterocycles. The zero-order valence-electron chi connectivity index (χ0n) is 16.4. The lowest BCUT2D eigenvalue weighted by Gasteiger charge is -2.08. The Labute approximate surface area is 178 Å². The van der Waals surface area contributed by atoms with Crippen molar-refractivity contribution in [1.29, 1.82) is 0 Å². The Morgan fingerprint density at radius 1 is 1.16 bits per heavy atom. The Kier molecular flexibility index (Phi) is 6.98. The number of carbonyl (C=O) groups is 1. The Bertz CT molecular complexity index is 1140. The van der Waals surface area contributed by atoms with Gasteiger partial charge < -0.3 is 14.1 Å². The first-order chi connectivity index (χ1) is 14.8. The van der Waals surface area contributed by atoms with Crippen LogP contribution in [0.2, 0.25) is 0 Å². The van der Waals surface area contributed by atoms with Crippen molar-refractivity contribution in [3.05, 3.63) is 82.9 Å². The molecule has 162 valence electrons. The van der Waals surface area contributed by atoms with Gasteiger partial charge in [-0.3, -0.25) is 14.9 Å². The minimum absolute atomic E-state index is 0.0108. The highest BCUT2D eigenvalue weighted by molar-refractivity contribution is 7.87. The molecular weight excluding hydrogens is 424 g/mol. The Morgan fingerprint density at radius 2 is 1.94 bits per heavy atom. The molecule has 0 aliphatic carbocycles. The van der Waals surface area contributed by atoms with Crippen molar-refractivity contribution in [1.82, 2.24) is 14.9 Å². The van der Waals surface area contributed by atoms with Crippen molar-refractivity contribution in [3.63, 3.8) is 0 Å². The van der Waals surface area contributed by atoms with E-state index in [1.165, 1.54) is 42.5 Å². The summed E-state index contributed by atoms with van der Waals surface area (Å²) in [5.74, 6) is -0.292. The van der Waals surface area contributed by atoms with E-state index < -0.39 is 15.0 Å². The predicted octanol–water partition coefficient (Wildman–Crippen LogP) is 2.77. The summed E-state index contributed by atoms with van der Waals surface area (Å²) in [7, 11) is -4.25. The molecule has 3 aromatic rings. The molecule has 10 nitrogen and oxygen atoms in total. The highest BCUT2D eigenvalue weighted by Crippen LogP contribution is 2.22. The van der Waals surface area contributed by atoms with Gasteiger partial charge in [0.2, 0.25) is 0 Å². The molecule has 0 aliphatic heterocycles. The first-order valence-electron chi connectivity index (χ1n) is 9.38. The lowest BCUT2D eigenvalue weighted by molar-refractivity contribution is -0.385. The molecular formula is C20H20N4O6S. The number of hydrogen-bond acceptors (Lipinski definition) is 7. The minimum Gasteiger partial charge on any atom is -0.379 e. The lowest BCUT2D eigenvalue weighted by atomic mass is 10.2. The fourth-order valence-corrected chi connectivity index (χ4v) is 3.70. The lowest BCUT2D eigenvalue weighted by Crippen LogP contribution is -2.24. The molecule has 0 radical (unpaired) electrons. The van der Waals surface area contributed by atoms with Gasteiger partial charge in [-0.2, -0.15) is 8.42 Å². The molecule has 0 saturated heterocycles. The van der Waals surface area contributed by atoms with Gasteiger partial charge in [0.05, 0.1) is 11.3 Å². The third-order valence-corrected chi connectivity index (χ3v) is 5.57. The molecule has 0 aliphatic rings. The third-order valence-electron chi connectivity index (χ3n) is 4.33. The van der Waals surface area contributed by atoms with E-state index in [4.69, 9.17) is 4.18 Å². The van der Waals surface area contributed by atoms with Gasteiger partial charge in [-0.05, 0) is 43.2 Å². The molecule has 1 amide bonds. The second-order valence-corrected chi connectivity index (χ2v) is 8.13. The molecule has 2 aromatic carbocycles. The van der Waals surface area contributed by atoms with E-state index in [1.807, 2.05) is 10.8 Å². The van der Waals surface area contributed by atoms with E-state index >= 15 is 0 Å². The van der Waals surface area contributed by atoms with Gasteiger partial charge in [0, 0.05) is 43.2 Å². The monoisotopic (exact) mass is 444 g/mol. The third kappa shape index (κ3) is 6.12. The first kappa shape index (κ1) is 22.0. The molecule has 0 unspecified atom stereocenters. The van der Waals surface area contributed by atoms with E-state index in [2.05, 4.69) is 10.3 Å². The Balaban J connectivity index is 1.52. The number of nitro groups is 1. The number of imidazole rings is 1. The SMILES string of the molecule is O=C(NCCCCn1ccnc1)c1ccc(OS(=O)(=O)c2cccc([N+](=O)[O-])c2)cc1. The number of amides is 1. The van der Waals surface area contributed by atoms with Crippen LogP contribution in [0, 0.1) is 10.1 Å². The van der Waals surface area contributed by atoms with Crippen LogP contribution in [0.15, 0.2) is 72.1 Å². The van der Waals surface area contributed by atoms with Crippen LogP contribution in [-0.2, 0) is 16.7 Å². The fraction of sp³-hybridized carbons (Fsp3) is 0.200. The molecule has 31 heavy (non-hydrogen) atoms. The summed E-state index contributed by atoms with van der Waals surface area (Å²) in [6.07, 6.45) is 7.01. The van der Waals surface area contributed by atoms with Gasteiger partial charge in [0.1, 0.15) is 10.6 Å². The average molecular weight is 444 g/mol. The number of rotatable bonds is 10. The van der Waals surface area contributed by atoms with Crippen LogP contribution in [0.4, 0.5) is 5.69 Å². The number of non-ortho nitro benzene ring substituents is 1. The van der Waals surface area contributed by atoms with Gasteiger partial charge in [-0.25, -0.2) is 4.98 Å². The molecule has 0 fully saturated rings. The van der Waals surface area contributed by atoms with Crippen molar-refractivity contribution < 1.29 is 22.3 Å². The van der Waals surface area contributed by atoms with Crippen LogP contribution in [0.1, 0.15) is 23.2 Å². The molecule has 1 N–H and O–H groups in total. The number of aryl methyl sites for hydroxylation is 1. The van der Waals surface area contributed by atoms with Crippen molar-refractivity contribution >= 4 is 21.7 Å². The predicted molar refractivity (Wildman–Crippen MR) is 111 cm³/mol. The molecule has 0 saturated carbocycles. The maximum absolute atomic E-state index is 12.4. The number of carbonyl (C=O) groups excluding carboxylic acids is 1. The van der Waals surface area contributed by atoms with E-state index in [0.29, 0.717) is 12.1 Å². The molecule has 0 atom stereocenters. The summed E-state index contributed by atoms with van der Waals surface area (Å²) < 4.78 is 31.7. The fourth-order valence-electron chi connectivity index (χ4n) is 2.73. The number of nitrogens with one attached hydrogen (secondary N) is 1. The number of nitro benzene ring substituents is 1. The van der Waals surface area contributed by atoms with Gasteiger partial charge in [0.25, 0.3) is 11.6 Å². The van der Waals surface area contributed by atoms with Gasteiger partial charge >= 0.3 is 10.1 Å². The summed E-state index contributed by atoms with van der Waals surface area (Å²) in [4.78, 5) is 26.0. The number of benzene rings is 2. The normalized spacial score (nSPS) is 11.1. The summed E-state index contributed by atoms with van der Waals surface area (Å²) in [6.45, 7) is 1.33. The number of unbranched alkanes of at least 4 members (excludes halogenated alkanes) is 1. The van der Waals surface area contributed by atoms with E-state index in [-0.39, 0.29) is 22.2 Å². The first-order valence-corrected chi connectivity index (χ1v) is 10.8. The maximum atomic E-state index is 12.4. The van der Waals surface area contributed by atoms with E-state index in [9.17, 15) is 23.3 Å². The average Bonchev–Trinajstić information content (AvgIpc) is 3.27. The van der Waals surface area contributed by atoms with Crippen molar-refractivity contribution in [3.8, 4) is 5.75 Å². The van der Waals surface area contributed by atoms with Crippen LogP contribution < -0.4 is 9.50 Å². The van der Waals surface area contributed by atoms with Crippen molar-refractivity contribution in [2.24, 2.45) is 0 Å². The quantitative estimate of drug-likeness (QED) is 0.220. The van der Waals surface area contributed by atoms with Crippen molar-refractivity contribution in [2.45, 2.75) is 24.3 Å². The van der Waals surface area contributed by atoms with Crippen LogP contribution in [0.3, 0.4) is 0 Å². The van der Waals surface area contributed by atoms with E-state index in [0.717, 1.165) is 25.5 Å². The molecule has 3 rings (SSSR count). The minimum atomic E-state index is -4.25. The van der Waals surface area contributed by atoms with Crippen molar-refractivity contribution in [2.75, 3.05) is 6.54 Å². The van der Waals surface area contributed by atoms with Gasteiger partial charge in [-0.1, -0.05) is 6.07 Å². The summed E-state index contributed by atoms with van der Waals surface area (Å²) in [6, 6.07) is 10.2. The molecule has 11 heteroatoms. The molecule has 1 heterocycles. The van der Waals surface area contributed by atoms with E-state index in [1.54, 1.807) is 12.5 Å². The number of nitrogens with zero attached hydrogens (tertiary/aromatic N) is 3. The highest BCUT2D eigenvalue weighted by atomic mass is 32.2. The highest BCUT2D eigenvalue weighted by Gasteiger charge is 2.20. The van der Waals surface area contributed by atoms with Gasteiger partial charge in [-0.15, -0.1) is 0 Å². The largest absolute Gasteiger partial charge is 0.379 e. The van der Waals surface area contributed by atoms with Crippen LogP contribution in [0.5, 0.6) is 5.75 Å². The summed E-state index contributed by atoms with van der Waals surface area (Å²) >= 11 is 0. The van der Waals surface area contributed by atoms with Crippen LogP contribution in [0.25, 0.3) is 0 Å². The molecule has 0 bridgehead atoms. The summed E-state index contributed by atoms with van der Waals surface area (Å²) in [5.41, 5.74) is -0.00331. The zero-order valence-corrected chi connectivity index (χ0v) is 17.2. The van der Waals surface area contributed by atoms with Crippen LogP contribution in [-0.4, -0.2) is 35.3 Å². The maximum Gasteiger partial charge on any atom is 0.339 e. The van der Waals surface area contributed by atoms with Gasteiger partial charge in [0.15, 0.2) is 0 Å². The second kappa shape index (κ2) is 9.85. The topological polar surface area (TPSA) is 133 Å². The number of hydrogen-bond donors (Lipinski definition) is 1. The Hall–Kier alpha value is -3.73. The smallest absolute Gasteiger partial charge is 0.339 e. The zero-order chi connectivity index (χ0) is 22.3.